The van der Waals surface area contributed by atoms with Crippen LogP contribution in [-0.2, 0) is 4.79 Å². The maximum absolute atomic E-state index is 14.2. The van der Waals surface area contributed by atoms with Crippen LogP contribution in [0.4, 0.5) is 14.5 Å². The second-order valence-electron chi connectivity index (χ2n) is 5.31. The maximum atomic E-state index is 14.2. The van der Waals surface area contributed by atoms with Crippen LogP contribution in [0.1, 0.15) is 12.5 Å². The molecule has 1 aromatic carbocycles. The molecule has 1 saturated heterocycles. The highest BCUT2D eigenvalue weighted by atomic mass is 19.1. The Balaban J connectivity index is 2.31. The first-order valence-corrected chi connectivity index (χ1v) is 6.73. The minimum Gasteiger partial charge on any atom is -0.478 e. The summed E-state index contributed by atoms with van der Waals surface area (Å²) in [5.74, 6) is -2.50. The van der Waals surface area contributed by atoms with Gasteiger partial charge in [-0.25, -0.2) is 13.6 Å². The van der Waals surface area contributed by atoms with E-state index in [0.29, 0.717) is 6.54 Å². The predicted octanol–water partition coefficient (Wildman–Crippen LogP) is 2.20. The van der Waals surface area contributed by atoms with Gasteiger partial charge in [0.15, 0.2) is 0 Å². The van der Waals surface area contributed by atoms with E-state index in [2.05, 4.69) is 4.90 Å². The number of aliphatic carboxylic acids is 1. The molecule has 1 fully saturated rings. The van der Waals surface area contributed by atoms with Crippen LogP contribution >= 0.6 is 0 Å². The van der Waals surface area contributed by atoms with Crippen LogP contribution in [0.2, 0.25) is 0 Å². The first kappa shape index (κ1) is 15.4. The van der Waals surface area contributed by atoms with Crippen molar-refractivity contribution in [3.63, 3.8) is 0 Å². The van der Waals surface area contributed by atoms with E-state index in [4.69, 9.17) is 5.11 Å². The Bertz CT molecular complexity index is 552. The molecule has 114 valence electrons. The Morgan fingerprint density at radius 1 is 1.33 bits per heavy atom. The lowest BCUT2D eigenvalue weighted by Gasteiger charge is -2.40. The second-order valence-corrected chi connectivity index (χ2v) is 5.31. The zero-order valence-corrected chi connectivity index (χ0v) is 12.0. The Hall–Kier alpha value is -1.95. The monoisotopic (exact) mass is 296 g/mol. The molecule has 0 aliphatic carbocycles. The van der Waals surface area contributed by atoms with Gasteiger partial charge in [0, 0.05) is 31.8 Å². The molecule has 1 unspecified atom stereocenters. The van der Waals surface area contributed by atoms with Gasteiger partial charge in [-0.15, -0.1) is 0 Å². The SMILES string of the molecule is CC1CN(C)CCN1c1c(F)cc(/C=C/C(=O)O)cc1F. The van der Waals surface area contributed by atoms with Crippen molar-refractivity contribution in [2.24, 2.45) is 0 Å². The van der Waals surface area contributed by atoms with Crippen molar-refractivity contribution < 1.29 is 18.7 Å². The molecule has 1 atom stereocenters. The third-order valence-electron chi connectivity index (χ3n) is 3.58. The minimum absolute atomic E-state index is 0.00756. The molecule has 0 saturated carbocycles. The highest BCUT2D eigenvalue weighted by molar-refractivity contribution is 5.85. The highest BCUT2D eigenvalue weighted by Gasteiger charge is 2.26. The maximum Gasteiger partial charge on any atom is 0.328 e. The van der Waals surface area contributed by atoms with Crippen molar-refractivity contribution in [1.29, 1.82) is 0 Å². The van der Waals surface area contributed by atoms with Crippen LogP contribution in [0.5, 0.6) is 0 Å². The van der Waals surface area contributed by atoms with Crippen molar-refractivity contribution in [3.8, 4) is 0 Å². The first-order valence-electron chi connectivity index (χ1n) is 6.73. The summed E-state index contributed by atoms with van der Waals surface area (Å²) in [5, 5.41) is 8.54. The number of nitrogens with zero attached hydrogens (tertiary/aromatic N) is 2. The number of likely N-dealkylation sites (N-methyl/N-ethyl adjacent to an activating group) is 1. The molecule has 4 nitrogen and oxygen atoms in total. The van der Waals surface area contributed by atoms with Gasteiger partial charge >= 0.3 is 5.97 Å². The van der Waals surface area contributed by atoms with Crippen LogP contribution in [-0.4, -0.2) is 48.7 Å². The Morgan fingerprint density at radius 2 is 1.95 bits per heavy atom. The van der Waals surface area contributed by atoms with E-state index in [-0.39, 0.29) is 17.3 Å². The van der Waals surface area contributed by atoms with E-state index < -0.39 is 17.6 Å². The van der Waals surface area contributed by atoms with Gasteiger partial charge in [-0.2, -0.15) is 0 Å². The van der Waals surface area contributed by atoms with E-state index in [1.54, 1.807) is 4.90 Å². The Kier molecular flexibility index (Phi) is 4.57. The van der Waals surface area contributed by atoms with Crippen LogP contribution in [0.3, 0.4) is 0 Å². The number of carbonyl (C=O) groups is 1. The van der Waals surface area contributed by atoms with Crippen LogP contribution < -0.4 is 4.90 Å². The molecule has 1 N–H and O–H groups in total. The van der Waals surface area contributed by atoms with E-state index in [1.807, 2.05) is 14.0 Å². The van der Waals surface area contributed by atoms with Gasteiger partial charge in [0.2, 0.25) is 0 Å². The van der Waals surface area contributed by atoms with Gasteiger partial charge < -0.3 is 14.9 Å². The fraction of sp³-hybridized carbons (Fsp3) is 0.400. The molecular formula is C15H18F2N2O2. The zero-order chi connectivity index (χ0) is 15.6. The van der Waals surface area contributed by atoms with Crippen LogP contribution in [0, 0.1) is 11.6 Å². The molecule has 0 amide bonds. The molecule has 0 aromatic heterocycles. The standard InChI is InChI=1S/C15H18F2N2O2/c1-10-9-18(2)5-6-19(10)15-12(16)7-11(8-13(15)17)3-4-14(20)21/h3-4,7-8,10H,5-6,9H2,1-2H3,(H,20,21)/b4-3+. The topological polar surface area (TPSA) is 43.8 Å². The fourth-order valence-electron chi connectivity index (χ4n) is 2.60. The zero-order valence-electron chi connectivity index (χ0n) is 12.0. The number of hydrogen-bond donors (Lipinski definition) is 1. The lowest BCUT2D eigenvalue weighted by Crippen LogP contribution is -2.51. The van der Waals surface area contributed by atoms with E-state index in [0.717, 1.165) is 31.3 Å². The lowest BCUT2D eigenvalue weighted by molar-refractivity contribution is -0.131. The van der Waals surface area contributed by atoms with Crippen LogP contribution in [0.15, 0.2) is 18.2 Å². The number of anilines is 1. The van der Waals surface area contributed by atoms with Gasteiger partial charge in [0.25, 0.3) is 0 Å². The summed E-state index contributed by atoms with van der Waals surface area (Å²) in [6.45, 7) is 3.95. The molecule has 21 heavy (non-hydrogen) atoms. The molecular weight excluding hydrogens is 278 g/mol. The van der Waals surface area contributed by atoms with Gasteiger partial charge in [-0.3, -0.25) is 0 Å². The summed E-state index contributed by atoms with van der Waals surface area (Å²) in [5.41, 5.74) is 0.154. The summed E-state index contributed by atoms with van der Waals surface area (Å²) < 4.78 is 28.4. The van der Waals surface area contributed by atoms with Crippen molar-refractivity contribution in [2.45, 2.75) is 13.0 Å². The molecule has 1 aliphatic rings. The third kappa shape index (κ3) is 3.58. The largest absolute Gasteiger partial charge is 0.478 e. The summed E-state index contributed by atoms with van der Waals surface area (Å²) >= 11 is 0. The van der Waals surface area contributed by atoms with E-state index in [1.165, 1.54) is 6.08 Å². The summed E-state index contributed by atoms with van der Waals surface area (Å²) in [6.07, 6.45) is 2.03. The first-order chi connectivity index (χ1) is 9.88. The van der Waals surface area contributed by atoms with Crippen molar-refractivity contribution >= 4 is 17.7 Å². The molecule has 1 heterocycles. The quantitative estimate of drug-likeness (QED) is 0.869. The van der Waals surface area contributed by atoms with Crippen molar-refractivity contribution in [2.75, 3.05) is 31.6 Å². The van der Waals surface area contributed by atoms with Crippen molar-refractivity contribution in [1.82, 2.24) is 4.90 Å². The number of rotatable bonds is 3. The molecule has 6 heteroatoms. The second kappa shape index (κ2) is 6.22. The number of piperazine rings is 1. The molecule has 1 aromatic rings. The van der Waals surface area contributed by atoms with Gasteiger partial charge in [0.1, 0.15) is 17.3 Å². The van der Waals surface area contributed by atoms with Crippen LogP contribution in [0.25, 0.3) is 6.08 Å². The molecule has 0 radical (unpaired) electrons. The average Bonchev–Trinajstić information content (AvgIpc) is 2.38. The number of halogens is 2. The predicted molar refractivity (Wildman–Crippen MR) is 77.3 cm³/mol. The smallest absolute Gasteiger partial charge is 0.328 e. The minimum atomic E-state index is -1.16. The van der Waals surface area contributed by atoms with Gasteiger partial charge in [-0.05, 0) is 37.7 Å². The molecule has 0 bridgehead atoms. The van der Waals surface area contributed by atoms with E-state index >= 15 is 0 Å². The molecule has 2 rings (SSSR count). The fourth-order valence-corrected chi connectivity index (χ4v) is 2.60. The number of carboxylic acid groups (broad SMARTS) is 1. The third-order valence-corrected chi connectivity index (χ3v) is 3.58. The number of benzene rings is 1. The summed E-state index contributed by atoms with van der Waals surface area (Å²) in [7, 11) is 1.97. The Morgan fingerprint density at radius 3 is 2.48 bits per heavy atom. The normalized spacial score (nSPS) is 20.2. The van der Waals surface area contributed by atoms with Gasteiger partial charge in [0.05, 0.1) is 0 Å². The summed E-state index contributed by atoms with van der Waals surface area (Å²) in [6, 6.07) is 2.32. The van der Waals surface area contributed by atoms with Gasteiger partial charge in [-0.1, -0.05) is 0 Å². The Labute approximate surface area is 122 Å². The number of carboxylic acids is 1. The molecule has 0 spiro atoms. The highest BCUT2D eigenvalue weighted by Crippen LogP contribution is 2.28. The average molecular weight is 296 g/mol. The molecule has 1 aliphatic heterocycles. The van der Waals surface area contributed by atoms with Crippen molar-refractivity contribution in [3.05, 3.63) is 35.4 Å². The lowest BCUT2D eigenvalue weighted by atomic mass is 10.1. The van der Waals surface area contributed by atoms with E-state index in [9.17, 15) is 13.6 Å². The summed E-state index contributed by atoms with van der Waals surface area (Å²) in [4.78, 5) is 14.3. The number of hydrogen-bond acceptors (Lipinski definition) is 3.